The van der Waals surface area contributed by atoms with Gasteiger partial charge in [0.25, 0.3) is 0 Å². The van der Waals surface area contributed by atoms with Gasteiger partial charge >= 0.3 is 0 Å². The summed E-state index contributed by atoms with van der Waals surface area (Å²) in [7, 11) is 0. The second-order valence-corrected chi connectivity index (χ2v) is 6.33. The zero-order valence-electron chi connectivity index (χ0n) is 12.5. The highest BCUT2D eigenvalue weighted by Gasteiger charge is 2.14. The van der Waals surface area contributed by atoms with Gasteiger partial charge < -0.3 is 10.6 Å². The molecule has 3 nitrogen and oxygen atoms in total. The fourth-order valence-electron chi connectivity index (χ4n) is 2.67. The molecular formula is C16H23Cl3N2O. The second kappa shape index (κ2) is 10.3. The standard InChI is InChI=1S/C16H22Cl2N2O.ClH/c17-14-3-1-2-13(16(14)18)8-11-20-15(21)5-4-12-6-9-19-10-7-12;/h1-3,12,19H,4-11H2,(H,20,21);1H. The van der Waals surface area contributed by atoms with E-state index in [9.17, 15) is 4.79 Å². The molecule has 0 saturated carbocycles. The number of amides is 1. The van der Waals surface area contributed by atoms with Crippen molar-refractivity contribution in [2.75, 3.05) is 19.6 Å². The molecule has 22 heavy (non-hydrogen) atoms. The monoisotopic (exact) mass is 364 g/mol. The number of rotatable bonds is 6. The Bertz CT molecular complexity index is 476. The summed E-state index contributed by atoms with van der Waals surface area (Å²) in [5.74, 6) is 0.825. The molecule has 124 valence electrons. The van der Waals surface area contributed by atoms with E-state index in [0.29, 0.717) is 35.3 Å². The lowest BCUT2D eigenvalue weighted by Gasteiger charge is -2.22. The maximum atomic E-state index is 11.8. The topological polar surface area (TPSA) is 41.1 Å². The van der Waals surface area contributed by atoms with Gasteiger partial charge in [0, 0.05) is 13.0 Å². The van der Waals surface area contributed by atoms with Crippen molar-refractivity contribution in [3.63, 3.8) is 0 Å². The van der Waals surface area contributed by atoms with Crippen LogP contribution in [0.15, 0.2) is 18.2 Å². The predicted octanol–water partition coefficient (Wildman–Crippen LogP) is 3.85. The summed E-state index contributed by atoms with van der Waals surface area (Å²) in [5.41, 5.74) is 0.975. The molecule has 0 aliphatic carbocycles. The number of benzene rings is 1. The summed E-state index contributed by atoms with van der Waals surface area (Å²) < 4.78 is 0. The van der Waals surface area contributed by atoms with E-state index in [1.54, 1.807) is 6.07 Å². The third-order valence-corrected chi connectivity index (χ3v) is 4.84. The molecule has 0 aromatic heterocycles. The lowest BCUT2D eigenvalue weighted by Crippen LogP contribution is -2.30. The number of piperidine rings is 1. The van der Waals surface area contributed by atoms with Crippen LogP contribution in [-0.4, -0.2) is 25.5 Å². The number of hydrogen-bond donors (Lipinski definition) is 2. The Balaban J connectivity index is 0.00000242. The SMILES string of the molecule is Cl.O=C(CCC1CCNCC1)NCCc1cccc(Cl)c1Cl. The van der Waals surface area contributed by atoms with Crippen LogP contribution in [-0.2, 0) is 11.2 Å². The van der Waals surface area contributed by atoms with Gasteiger partial charge in [0.05, 0.1) is 10.0 Å². The highest BCUT2D eigenvalue weighted by atomic mass is 35.5. The summed E-state index contributed by atoms with van der Waals surface area (Å²) in [6, 6.07) is 5.59. The molecule has 1 aromatic rings. The fraction of sp³-hybridized carbons (Fsp3) is 0.562. The maximum absolute atomic E-state index is 11.8. The van der Waals surface area contributed by atoms with Crippen LogP contribution < -0.4 is 10.6 Å². The average Bonchev–Trinajstić information content (AvgIpc) is 2.50. The zero-order chi connectivity index (χ0) is 15.1. The highest BCUT2D eigenvalue weighted by Crippen LogP contribution is 2.25. The van der Waals surface area contributed by atoms with Crippen LogP contribution in [0.1, 0.15) is 31.2 Å². The molecule has 2 N–H and O–H groups in total. The van der Waals surface area contributed by atoms with Gasteiger partial charge in [-0.05, 0) is 56.3 Å². The molecule has 1 saturated heterocycles. The molecule has 0 atom stereocenters. The molecule has 0 radical (unpaired) electrons. The van der Waals surface area contributed by atoms with Crippen LogP contribution in [0, 0.1) is 5.92 Å². The van der Waals surface area contributed by atoms with E-state index in [2.05, 4.69) is 10.6 Å². The Labute approximate surface area is 148 Å². The van der Waals surface area contributed by atoms with Crippen molar-refractivity contribution in [3.05, 3.63) is 33.8 Å². The molecule has 1 aliphatic heterocycles. The van der Waals surface area contributed by atoms with Crippen LogP contribution in [0.3, 0.4) is 0 Å². The molecule has 0 spiro atoms. The van der Waals surface area contributed by atoms with Gasteiger partial charge in [-0.3, -0.25) is 4.79 Å². The Morgan fingerprint density at radius 3 is 2.73 bits per heavy atom. The summed E-state index contributed by atoms with van der Waals surface area (Å²) in [6.45, 7) is 2.77. The first-order valence-electron chi connectivity index (χ1n) is 7.57. The molecule has 0 unspecified atom stereocenters. The number of nitrogens with one attached hydrogen (secondary N) is 2. The van der Waals surface area contributed by atoms with Crippen LogP contribution in [0.25, 0.3) is 0 Å². The number of hydrogen-bond acceptors (Lipinski definition) is 2. The van der Waals surface area contributed by atoms with Crippen molar-refractivity contribution in [2.45, 2.75) is 32.1 Å². The minimum absolute atomic E-state index is 0. The minimum Gasteiger partial charge on any atom is -0.356 e. The zero-order valence-corrected chi connectivity index (χ0v) is 14.9. The largest absolute Gasteiger partial charge is 0.356 e. The summed E-state index contributed by atoms with van der Waals surface area (Å²) in [6.07, 6.45) is 4.69. The van der Waals surface area contributed by atoms with E-state index < -0.39 is 0 Å². The lowest BCUT2D eigenvalue weighted by molar-refractivity contribution is -0.121. The van der Waals surface area contributed by atoms with Gasteiger partial charge in [-0.15, -0.1) is 12.4 Å². The minimum atomic E-state index is 0. The smallest absolute Gasteiger partial charge is 0.220 e. The van der Waals surface area contributed by atoms with E-state index in [0.717, 1.165) is 25.1 Å². The van der Waals surface area contributed by atoms with Gasteiger partial charge in [-0.2, -0.15) is 0 Å². The van der Waals surface area contributed by atoms with E-state index >= 15 is 0 Å². The fourth-order valence-corrected chi connectivity index (χ4v) is 3.09. The van der Waals surface area contributed by atoms with Gasteiger partial charge in [0.2, 0.25) is 5.91 Å². The van der Waals surface area contributed by atoms with Gasteiger partial charge in [-0.25, -0.2) is 0 Å². The quantitative estimate of drug-likeness (QED) is 0.804. The molecule has 1 aromatic carbocycles. The van der Waals surface area contributed by atoms with Crippen molar-refractivity contribution in [2.24, 2.45) is 5.92 Å². The van der Waals surface area contributed by atoms with Crippen molar-refractivity contribution in [3.8, 4) is 0 Å². The van der Waals surface area contributed by atoms with Crippen molar-refractivity contribution < 1.29 is 4.79 Å². The van der Waals surface area contributed by atoms with E-state index in [-0.39, 0.29) is 18.3 Å². The molecular weight excluding hydrogens is 343 g/mol. The Morgan fingerprint density at radius 2 is 2.00 bits per heavy atom. The first kappa shape index (κ1) is 19.6. The summed E-state index contributed by atoms with van der Waals surface area (Å²) >= 11 is 12.1. The van der Waals surface area contributed by atoms with Crippen LogP contribution in [0.2, 0.25) is 10.0 Å². The summed E-state index contributed by atoms with van der Waals surface area (Å²) in [4.78, 5) is 11.8. The third-order valence-electron chi connectivity index (χ3n) is 3.99. The molecule has 2 rings (SSSR count). The number of halogens is 3. The summed E-state index contributed by atoms with van der Waals surface area (Å²) in [5, 5.41) is 7.45. The molecule has 6 heteroatoms. The van der Waals surface area contributed by atoms with E-state index in [4.69, 9.17) is 23.2 Å². The third kappa shape index (κ3) is 6.33. The van der Waals surface area contributed by atoms with Crippen molar-refractivity contribution in [1.29, 1.82) is 0 Å². The molecule has 1 aliphatic rings. The predicted molar refractivity (Wildman–Crippen MR) is 95.3 cm³/mol. The van der Waals surface area contributed by atoms with Gasteiger partial charge in [0.1, 0.15) is 0 Å². The lowest BCUT2D eigenvalue weighted by atomic mass is 9.93. The van der Waals surface area contributed by atoms with Gasteiger partial charge in [-0.1, -0.05) is 35.3 Å². The Hall–Kier alpha value is -0.480. The maximum Gasteiger partial charge on any atom is 0.220 e. The van der Waals surface area contributed by atoms with Crippen LogP contribution in [0.4, 0.5) is 0 Å². The average molecular weight is 366 g/mol. The molecule has 1 amide bonds. The number of carbonyl (C=O) groups excluding carboxylic acids is 1. The van der Waals surface area contributed by atoms with Crippen LogP contribution in [0.5, 0.6) is 0 Å². The first-order valence-corrected chi connectivity index (χ1v) is 8.32. The van der Waals surface area contributed by atoms with Crippen LogP contribution >= 0.6 is 35.6 Å². The highest BCUT2D eigenvalue weighted by molar-refractivity contribution is 6.42. The molecule has 0 bridgehead atoms. The Morgan fingerprint density at radius 1 is 1.27 bits per heavy atom. The van der Waals surface area contributed by atoms with E-state index in [1.165, 1.54) is 12.8 Å². The van der Waals surface area contributed by atoms with Gasteiger partial charge in [0.15, 0.2) is 0 Å². The van der Waals surface area contributed by atoms with Crippen molar-refractivity contribution >= 4 is 41.5 Å². The molecule has 1 heterocycles. The Kier molecular flexibility index (Phi) is 9.18. The normalized spacial score (nSPS) is 15.2. The number of carbonyl (C=O) groups is 1. The molecule has 1 fully saturated rings. The van der Waals surface area contributed by atoms with Crippen molar-refractivity contribution in [1.82, 2.24) is 10.6 Å². The van der Waals surface area contributed by atoms with E-state index in [1.807, 2.05) is 12.1 Å². The second-order valence-electron chi connectivity index (χ2n) is 5.54. The first-order chi connectivity index (χ1) is 10.2.